The van der Waals surface area contributed by atoms with Crippen molar-refractivity contribution in [3.05, 3.63) is 30.2 Å². The van der Waals surface area contributed by atoms with Gasteiger partial charge in [-0.2, -0.15) is 0 Å². The van der Waals surface area contributed by atoms with Crippen LogP contribution in [-0.2, 0) is 11.2 Å². The van der Waals surface area contributed by atoms with Crippen molar-refractivity contribution in [1.29, 1.82) is 0 Å². The van der Waals surface area contributed by atoms with Crippen LogP contribution >= 0.6 is 0 Å². The van der Waals surface area contributed by atoms with Gasteiger partial charge in [0.2, 0.25) is 0 Å². The number of fused-ring (bicyclic) bond motifs is 1. The molecule has 2 aromatic heterocycles. The lowest BCUT2D eigenvalue weighted by Gasteiger charge is -2.52. The summed E-state index contributed by atoms with van der Waals surface area (Å²) < 4.78 is 7.82. The second kappa shape index (κ2) is 5.73. The van der Waals surface area contributed by atoms with Gasteiger partial charge in [-0.05, 0) is 25.5 Å². The molecule has 0 aromatic carbocycles. The Bertz CT molecular complexity index is 607. The lowest BCUT2D eigenvalue weighted by atomic mass is 9.64. The Balaban J connectivity index is 1.53. The molecule has 0 bridgehead atoms. The Morgan fingerprint density at radius 3 is 3.00 bits per heavy atom. The standard InChI is InChI=1S/C16H24N4O/c1-4-21-13-11-12(16(13,2)3)17-9-8-15-19-18-14-7-5-6-10-20(14)15/h5-7,10,12-13,17H,4,8-9,11H2,1-3H3. The Morgan fingerprint density at radius 2 is 2.24 bits per heavy atom. The predicted octanol–water partition coefficient (Wildman–Crippen LogP) is 2.06. The Hall–Kier alpha value is -1.46. The maximum atomic E-state index is 5.77. The minimum atomic E-state index is 0.211. The molecule has 1 aliphatic rings. The molecule has 5 nitrogen and oxygen atoms in total. The van der Waals surface area contributed by atoms with E-state index < -0.39 is 0 Å². The first-order valence-electron chi connectivity index (χ1n) is 7.76. The minimum absolute atomic E-state index is 0.211. The van der Waals surface area contributed by atoms with Gasteiger partial charge in [-0.25, -0.2) is 0 Å². The summed E-state index contributed by atoms with van der Waals surface area (Å²) in [6, 6.07) is 6.49. The fourth-order valence-corrected chi connectivity index (χ4v) is 3.14. The second-order valence-corrected chi connectivity index (χ2v) is 6.30. The molecule has 1 saturated carbocycles. The van der Waals surface area contributed by atoms with Gasteiger partial charge in [0.1, 0.15) is 5.82 Å². The van der Waals surface area contributed by atoms with Gasteiger partial charge in [-0.15, -0.1) is 10.2 Å². The topological polar surface area (TPSA) is 51.5 Å². The number of nitrogens with one attached hydrogen (secondary N) is 1. The van der Waals surface area contributed by atoms with Gasteiger partial charge in [-0.1, -0.05) is 19.9 Å². The van der Waals surface area contributed by atoms with Crippen molar-refractivity contribution in [2.45, 2.75) is 45.8 Å². The first-order valence-corrected chi connectivity index (χ1v) is 7.76. The number of rotatable bonds is 6. The number of hydrogen-bond donors (Lipinski definition) is 1. The van der Waals surface area contributed by atoms with Crippen LogP contribution in [0.5, 0.6) is 0 Å². The highest BCUT2D eigenvalue weighted by atomic mass is 16.5. The molecule has 2 heterocycles. The van der Waals surface area contributed by atoms with Crippen LogP contribution in [0, 0.1) is 5.41 Å². The van der Waals surface area contributed by atoms with E-state index in [4.69, 9.17) is 4.74 Å². The summed E-state index contributed by atoms with van der Waals surface area (Å²) in [5.41, 5.74) is 1.12. The van der Waals surface area contributed by atoms with Gasteiger partial charge in [0.25, 0.3) is 0 Å². The SMILES string of the molecule is CCOC1CC(NCCc2nnc3ccccn23)C1(C)C. The normalized spacial score (nSPS) is 24.1. The number of nitrogens with zero attached hydrogens (tertiary/aromatic N) is 3. The third-order valence-electron chi connectivity index (χ3n) is 4.67. The van der Waals surface area contributed by atoms with E-state index in [0.29, 0.717) is 12.1 Å². The van der Waals surface area contributed by atoms with Crippen molar-refractivity contribution in [2.24, 2.45) is 5.41 Å². The van der Waals surface area contributed by atoms with Gasteiger partial charge in [0.05, 0.1) is 6.10 Å². The fraction of sp³-hybridized carbons (Fsp3) is 0.625. The predicted molar refractivity (Wildman–Crippen MR) is 82.3 cm³/mol. The van der Waals surface area contributed by atoms with Crippen LogP contribution in [-0.4, -0.2) is 39.9 Å². The third kappa shape index (κ3) is 2.68. The molecule has 2 unspecified atom stereocenters. The molecule has 3 rings (SSSR count). The Morgan fingerprint density at radius 1 is 1.38 bits per heavy atom. The molecule has 1 N–H and O–H groups in total. The summed E-state index contributed by atoms with van der Waals surface area (Å²) >= 11 is 0. The molecular weight excluding hydrogens is 264 g/mol. The van der Waals surface area contributed by atoms with Crippen LogP contribution < -0.4 is 5.32 Å². The van der Waals surface area contributed by atoms with Gasteiger partial charge in [0.15, 0.2) is 5.65 Å². The van der Waals surface area contributed by atoms with Gasteiger partial charge >= 0.3 is 0 Å². The average Bonchev–Trinajstić information content (AvgIpc) is 2.89. The summed E-state index contributed by atoms with van der Waals surface area (Å²) in [5, 5.41) is 12.1. The fourth-order valence-electron chi connectivity index (χ4n) is 3.14. The highest BCUT2D eigenvalue weighted by Crippen LogP contribution is 2.42. The molecule has 0 aliphatic heterocycles. The van der Waals surface area contributed by atoms with Crippen LogP contribution in [0.4, 0.5) is 0 Å². The highest BCUT2D eigenvalue weighted by Gasteiger charge is 2.48. The Kier molecular flexibility index (Phi) is 3.95. The molecule has 0 radical (unpaired) electrons. The zero-order valence-corrected chi connectivity index (χ0v) is 13.0. The van der Waals surface area contributed by atoms with Crippen molar-refractivity contribution in [3.8, 4) is 0 Å². The second-order valence-electron chi connectivity index (χ2n) is 6.30. The first-order chi connectivity index (χ1) is 10.1. The highest BCUT2D eigenvalue weighted by molar-refractivity contribution is 5.37. The van der Waals surface area contributed by atoms with E-state index >= 15 is 0 Å². The van der Waals surface area contributed by atoms with E-state index in [1.165, 1.54) is 0 Å². The van der Waals surface area contributed by atoms with Crippen molar-refractivity contribution < 1.29 is 4.74 Å². The zero-order valence-electron chi connectivity index (χ0n) is 13.0. The smallest absolute Gasteiger partial charge is 0.160 e. The lowest BCUT2D eigenvalue weighted by Crippen LogP contribution is -2.61. The van der Waals surface area contributed by atoms with Gasteiger partial charge < -0.3 is 10.1 Å². The monoisotopic (exact) mass is 288 g/mol. The van der Waals surface area contributed by atoms with E-state index in [0.717, 1.165) is 37.5 Å². The largest absolute Gasteiger partial charge is 0.378 e. The summed E-state index contributed by atoms with van der Waals surface area (Å²) in [6.07, 6.45) is 4.38. The molecular formula is C16H24N4O. The molecule has 2 atom stereocenters. The number of hydrogen-bond acceptors (Lipinski definition) is 4. The maximum absolute atomic E-state index is 5.77. The number of aromatic nitrogens is 3. The number of ether oxygens (including phenoxy) is 1. The number of pyridine rings is 1. The van der Waals surface area contributed by atoms with E-state index in [1.54, 1.807) is 0 Å². The van der Waals surface area contributed by atoms with Gasteiger partial charge in [0, 0.05) is 37.2 Å². The molecule has 5 heteroatoms. The van der Waals surface area contributed by atoms with Crippen molar-refractivity contribution in [2.75, 3.05) is 13.2 Å². The van der Waals surface area contributed by atoms with Crippen molar-refractivity contribution in [1.82, 2.24) is 19.9 Å². The molecule has 0 spiro atoms. The minimum Gasteiger partial charge on any atom is -0.378 e. The van der Waals surface area contributed by atoms with E-state index in [1.807, 2.05) is 24.4 Å². The molecule has 21 heavy (non-hydrogen) atoms. The quantitative estimate of drug-likeness (QED) is 0.884. The molecule has 0 amide bonds. The van der Waals surface area contributed by atoms with Crippen molar-refractivity contribution >= 4 is 5.65 Å². The van der Waals surface area contributed by atoms with E-state index in [-0.39, 0.29) is 5.41 Å². The molecule has 0 saturated heterocycles. The van der Waals surface area contributed by atoms with Crippen LogP contribution in [0.15, 0.2) is 24.4 Å². The first kappa shape index (κ1) is 14.5. The van der Waals surface area contributed by atoms with E-state index in [2.05, 4.69) is 40.7 Å². The zero-order chi connectivity index (χ0) is 14.9. The molecule has 2 aromatic rings. The Labute approximate surface area is 125 Å². The summed E-state index contributed by atoms with van der Waals surface area (Å²) in [6.45, 7) is 8.34. The average molecular weight is 288 g/mol. The third-order valence-corrected chi connectivity index (χ3v) is 4.67. The summed E-state index contributed by atoms with van der Waals surface area (Å²) in [7, 11) is 0. The lowest BCUT2D eigenvalue weighted by molar-refractivity contribution is -0.113. The van der Waals surface area contributed by atoms with E-state index in [9.17, 15) is 0 Å². The molecule has 114 valence electrons. The van der Waals surface area contributed by atoms with Crippen LogP contribution in [0.25, 0.3) is 5.65 Å². The maximum Gasteiger partial charge on any atom is 0.160 e. The van der Waals surface area contributed by atoms with Crippen molar-refractivity contribution in [3.63, 3.8) is 0 Å². The summed E-state index contributed by atoms with van der Waals surface area (Å²) in [5.74, 6) is 1.01. The summed E-state index contributed by atoms with van der Waals surface area (Å²) in [4.78, 5) is 0. The van der Waals surface area contributed by atoms with Crippen LogP contribution in [0.2, 0.25) is 0 Å². The van der Waals surface area contributed by atoms with Gasteiger partial charge in [-0.3, -0.25) is 4.40 Å². The molecule has 1 fully saturated rings. The van der Waals surface area contributed by atoms with Crippen LogP contribution in [0.1, 0.15) is 33.0 Å². The van der Waals surface area contributed by atoms with Crippen LogP contribution in [0.3, 0.4) is 0 Å². The molecule has 1 aliphatic carbocycles.